The van der Waals surface area contributed by atoms with Crippen LogP contribution in [0.5, 0.6) is 5.75 Å². The Labute approximate surface area is 168 Å². The number of carbonyl (C=O) groups excluding carboxylic acids is 1. The van der Waals surface area contributed by atoms with Gasteiger partial charge >= 0.3 is 6.61 Å². The van der Waals surface area contributed by atoms with E-state index < -0.39 is 12.5 Å². The van der Waals surface area contributed by atoms with Gasteiger partial charge in [-0.2, -0.15) is 8.78 Å². The standard InChI is InChI=1S/C18H14ClF2N3O3S/c1-9-14(17(28-2)24-15(22-9)13-4-3-7-26-13)16(25)23-10-5-6-12(11(19)8-10)27-18(20)21/h3-8,18H,1-2H3,(H,23,25). The van der Waals surface area contributed by atoms with Gasteiger partial charge in [-0.25, -0.2) is 9.97 Å². The molecule has 2 heterocycles. The highest BCUT2D eigenvalue weighted by atomic mass is 35.5. The van der Waals surface area contributed by atoms with Gasteiger partial charge in [0.1, 0.15) is 10.8 Å². The third kappa shape index (κ3) is 4.42. The number of halogens is 3. The lowest BCUT2D eigenvalue weighted by molar-refractivity contribution is -0.0497. The first-order valence-corrected chi connectivity index (χ1v) is 9.51. The zero-order chi connectivity index (χ0) is 20.3. The van der Waals surface area contributed by atoms with Crippen molar-refractivity contribution < 1.29 is 22.7 Å². The summed E-state index contributed by atoms with van der Waals surface area (Å²) < 4.78 is 34.2. The van der Waals surface area contributed by atoms with Crippen molar-refractivity contribution in [1.82, 2.24) is 9.97 Å². The van der Waals surface area contributed by atoms with E-state index in [1.807, 2.05) is 0 Å². The molecule has 0 saturated heterocycles. The van der Waals surface area contributed by atoms with Crippen LogP contribution in [0, 0.1) is 6.92 Å². The first kappa shape index (κ1) is 20.1. The summed E-state index contributed by atoms with van der Waals surface area (Å²) in [5.74, 6) is 0.236. The Morgan fingerprint density at radius 2 is 2.11 bits per heavy atom. The highest BCUT2D eigenvalue weighted by Gasteiger charge is 2.20. The van der Waals surface area contributed by atoms with Gasteiger partial charge in [0.2, 0.25) is 0 Å². The molecule has 1 N–H and O–H groups in total. The van der Waals surface area contributed by atoms with Gasteiger partial charge in [0.05, 0.1) is 22.5 Å². The molecule has 2 aromatic heterocycles. The second-order valence-corrected chi connectivity index (χ2v) is 6.67. The van der Waals surface area contributed by atoms with E-state index in [-0.39, 0.29) is 10.8 Å². The van der Waals surface area contributed by atoms with Gasteiger partial charge < -0.3 is 14.5 Å². The number of aromatic nitrogens is 2. The number of alkyl halides is 2. The topological polar surface area (TPSA) is 77.2 Å². The summed E-state index contributed by atoms with van der Waals surface area (Å²) >= 11 is 7.21. The largest absolute Gasteiger partial charge is 0.461 e. The first-order chi connectivity index (χ1) is 13.4. The Bertz CT molecular complexity index is 1000. The van der Waals surface area contributed by atoms with Crippen molar-refractivity contribution in [1.29, 1.82) is 0 Å². The van der Waals surface area contributed by atoms with E-state index in [0.29, 0.717) is 33.6 Å². The number of hydrogen-bond donors (Lipinski definition) is 1. The number of carbonyl (C=O) groups is 1. The summed E-state index contributed by atoms with van der Waals surface area (Å²) in [7, 11) is 0. The fourth-order valence-electron chi connectivity index (χ4n) is 2.44. The molecule has 3 rings (SSSR count). The van der Waals surface area contributed by atoms with Crippen molar-refractivity contribution >= 4 is 35.0 Å². The molecule has 1 aromatic carbocycles. The SMILES string of the molecule is CSc1nc(-c2ccco2)nc(C)c1C(=O)Nc1ccc(OC(F)F)c(Cl)c1. The maximum Gasteiger partial charge on any atom is 0.387 e. The minimum atomic E-state index is -2.99. The number of nitrogens with zero attached hydrogens (tertiary/aromatic N) is 2. The van der Waals surface area contributed by atoms with Gasteiger partial charge in [0, 0.05) is 5.69 Å². The molecule has 0 bridgehead atoms. The van der Waals surface area contributed by atoms with E-state index in [9.17, 15) is 13.6 Å². The van der Waals surface area contributed by atoms with E-state index in [1.165, 1.54) is 36.2 Å². The maximum atomic E-state index is 12.8. The van der Waals surface area contributed by atoms with Gasteiger partial charge in [-0.15, -0.1) is 11.8 Å². The number of rotatable bonds is 6. The van der Waals surface area contributed by atoms with Crippen LogP contribution in [-0.2, 0) is 0 Å². The molecule has 0 saturated carbocycles. The second kappa shape index (κ2) is 8.57. The molecule has 0 unspecified atom stereocenters. The van der Waals surface area contributed by atoms with E-state index in [0.717, 1.165) is 0 Å². The highest BCUT2D eigenvalue weighted by molar-refractivity contribution is 7.98. The minimum Gasteiger partial charge on any atom is -0.461 e. The summed E-state index contributed by atoms with van der Waals surface area (Å²) in [5, 5.41) is 3.09. The van der Waals surface area contributed by atoms with E-state index in [1.54, 1.807) is 25.3 Å². The zero-order valence-corrected chi connectivity index (χ0v) is 16.3. The monoisotopic (exact) mass is 425 g/mol. The predicted octanol–water partition coefficient (Wildman–Crippen LogP) is 5.27. The molecule has 0 spiro atoms. The van der Waals surface area contributed by atoms with Crippen LogP contribution in [0.15, 0.2) is 46.0 Å². The lowest BCUT2D eigenvalue weighted by atomic mass is 10.2. The molecular formula is C18H14ClF2N3O3S. The molecule has 146 valence electrons. The van der Waals surface area contributed by atoms with E-state index in [4.69, 9.17) is 16.0 Å². The van der Waals surface area contributed by atoms with Crippen LogP contribution in [0.3, 0.4) is 0 Å². The second-order valence-electron chi connectivity index (χ2n) is 5.47. The van der Waals surface area contributed by atoms with Crippen LogP contribution in [0.1, 0.15) is 16.1 Å². The summed E-state index contributed by atoms with van der Waals surface area (Å²) in [6.07, 6.45) is 3.30. The molecule has 0 radical (unpaired) electrons. The average molecular weight is 426 g/mol. The van der Waals surface area contributed by atoms with Gasteiger partial charge in [-0.1, -0.05) is 11.6 Å². The quantitative estimate of drug-likeness (QED) is 0.428. The Morgan fingerprint density at radius 3 is 2.71 bits per heavy atom. The number of amides is 1. The fraction of sp³-hybridized carbons (Fsp3) is 0.167. The van der Waals surface area contributed by atoms with Crippen molar-refractivity contribution in [3.8, 4) is 17.3 Å². The first-order valence-electron chi connectivity index (χ1n) is 7.91. The molecule has 28 heavy (non-hydrogen) atoms. The molecule has 10 heteroatoms. The number of thioether (sulfide) groups is 1. The van der Waals surface area contributed by atoms with Crippen LogP contribution >= 0.6 is 23.4 Å². The number of nitrogens with one attached hydrogen (secondary N) is 1. The smallest absolute Gasteiger partial charge is 0.387 e. The van der Waals surface area contributed by atoms with Crippen LogP contribution in [-0.4, -0.2) is 28.7 Å². The molecule has 0 aliphatic carbocycles. The zero-order valence-electron chi connectivity index (χ0n) is 14.7. The lowest BCUT2D eigenvalue weighted by Gasteiger charge is -2.13. The van der Waals surface area contributed by atoms with Crippen LogP contribution in [0.25, 0.3) is 11.6 Å². The summed E-state index contributed by atoms with van der Waals surface area (Å²) in [6, 6.07) is 7.43. The van der Waals surface area contributed by atoms with Gasteiger partial charge in [-0.3, -0.25) is 4.79 Å². The Hall–Kier alpha value is -2.65. The van der Waals surface area contributed by atoms with Crippen LogP contribution < -0.4 is 10.1 Å². The molecule has 0 fully saturated rings. The fourth-order valence-corrected chi connectivity index (χ4v) is 3.28. The van der Waals surface area contributed by atoms with Crippen LogP contribution in [0.2, 0.25) is 5.02 Å². The summed E-state index contributed by atoms with van der Waals surface area (Å²) in [5.41, 5.74) is 1.08. The van der Waals surface area contributed by atoms with Crippen molar-refractivity contribution in [2.75, 3.05) is 11.6 Å². The average Bonchev–Trinajstić information content (AvgIpc) is 3.17. The predicted molar refractivity (Wildman–Crippen MR) is 102 cm³/mol. The molecule has 3 aromatic rings. The number of hydrogen-bond acceptors (Lipinski definition) is 6. The summed E-state index contributed by atoms with van der Waals surface area (Å²) in [4.78, 5) is 21.5. The number of furan rings is 1. The van der Waals surface area contributed by atoms with Gasteiger partial charge in [0.25, 0.3) is 5.91 Å². The number of benzene rings is 1. The van der Waals surface area contributed by atoms with Crippen molar-refractivity contribution in [3.63, 3.8) is 0 Å². The number of aryl methyl sites for hydroxylation is 1. The normalized spacial score (nSPS) is 10.9. The maximum absolute atomic E-state index is 12.8. The molecular weight excluding hydrogens is 412 g/mol. The Balaban J connectivity index is 1.87. The Morgan fingerprint density at radius 1 is 1.32 bits per heavy atom. The van der Waals surface area contributed by atoms with Crippen molar-refractivity contribution in [3.05, 3.63) is 52.9 Å². The molecule has 6 nitrogen and oxygen atoms in total. The van der Waals surface area contributed by atoms with Crippen LogP contribution in [0.4, 0.5) is 14.5 Å². The lowest BCUT2D eigenvalue weighted by Crippen LogP contribution is -2.17. The van der Waals surface area contributed by atoms with E-state index in [2.05, 4.69) is 20.0 Å². The van der Waals surface area contributed by atoms with E-state index >= 15 is 0 Å². The summed E-state index contributed by atoms with van der Waals surface area (Å²) in [6.45, 7) is -1.30. The molecule has 0 atom stereocenters. The third-order valence-electron chi connectivity index (χ3n) is 3.62. The number of anilines is 1. The molecule has 0 aliphatic rings. The highest BCUT2D eigenvalue weighted by Crippen LogP contribution is 2.30. The van der Waals surface area contributed by atoms with Crippen molar-refractivity contribution in [2.45, 2.75) is 18.6 Å². The minimum absolute atomic E-state index is 0.0515. The van der Waals surface area contributed by atoms with Crippen molar-refractivity contribution in [2.24, 2.45) is 0 Å². The van der Waals surface area contributed by atoms with Gasteiger partial charge in [0.15, 0.2) is 11.6 Å². The van der Waals surface area contributed by atoms with Gasteiger partial charge in [-0.05, 0) is 43.5 Å². The third-order valence-corrected chi connectivity index (χ3v) is 4.60. The molecule has 1 amide bonds. The Kier molecular flexibility index (Phi) is 6.15. The molecule has 0 aliphatic heterocycles. The number of ether oxygens (including phenoxy) is 1.